The molecule has 6 N–H and O–H groups in total. The van der Waals surface area contributed by atoms with Crippen LogP contribution >= 0.6 is 0 Å². The molecule has 5 atom stereocenters. The molecule has 242 valence electrons. The summed E-state index contributed by atoms with van der Waals surface area (Å²) in [5.41, 5.74) is 3.23. The van der Waals surface area contributed by atoms with Gasteiger partial charge >= 0.3 is 0 Å². The molecule has 3 aliphatic carbocycles. The molecule has 1 saturated carbocycles. The molecule has 2 fully saturated rings. The standard InChI is InChI=1S/C34H35FN2O9/c1-37(2)27-21-14-17-13-20-19(15-5-8-18(35)9-6-15)12-16(7-10-22(38)23-4-3-11-46-23)28(39)25(20)29(40)24(17)31(42)34(21,45)32(43)26(30(27)41)33(36)44/h5-6,8-9,12,17,21,23,27,39-40,43,45H,3-4,7,10-11,13-14H2,1-2H3,(H2,36,44)/t17-,21+,23?,27+,34+/m1/s1. The highest BCUT2D eigenvalue weighted by atomic mass is 19.1. The number of phenols is 1. The summed E-state index contributed by atoms with van der Waals surface area (Å²) in [6, 6.07) is 6.10. The Morgan fingerprint density at radius 2 is 1.83 bits per heavy atom. The van der Waals surface area contributed by atoms with Crippen molar-refractivity contribution in [1.82, 2.24) is 4.90 Å². The van der Waals surface area contributed by atoms with Crippen molar-refractivity contribution in [3.8, 4) is 16.9 Å². The van der Waals surface area contributed by atoms with Gasteiger partial charge in [0.1, 0.15) is 34.8 Å². The minimum absolute atomic E-state index is 0.0364. The maximum Gasteiger partial charge on any atom is 0.255 e. The molecular weight excluding hydrogens is 599 g/mol. The van der Waals surface area contributed by atoms with E-state index >= 15 is 0 Å². The van der Waals surface area contributed by atoms with Crippen molar-refractivity contribution in [3.63, 3.8) is 0 Å². The van der Waals surface area contributed by atoms with Gasteiger partial charge in [0.2, 0.25) is 5.78 Å². The highest BCUT2D eigenvalue weighted by Crippen LogP contribution is 2.54. The fourth-order valence-corrected chi connectivity index (χ4v) is 7.70. The first-order valence-electron chi connectivity index (χ1n) is 15.2. The number of ether oxygens (including phenoxy) is 1. The Balaban J connectivity index is 1.52. The molecule has 0 spiro atoms. The predicted molar refractivity (Wildman–Crippen MR) is 162 cm³/mol. The van der Waals surface area contributed by atoms with Gasteiger partial charge in [0, 0.05) is 24.5 Å². The molecule has 11 nitrogen and oxygen atoms in total. The number of ketones is 3. The number of primary amides is 1. The number of nitrogens with two attached hydrogens (primary N) is 1. The molecule has 12 heteroatoms. The van der Waals surface area contributed by atoms with Crippen LogP contribution in [0.1, 0.15) is 42.4 Å². The number of fused-ring (bicyclic) bond motifs is 3. The molecule has 4 aliphatic rings. The van der Waals surface area contributed by atoms with Crippen LogP contribution < -0.4 is 5.73 Å². The van der Waals surface area contributed by atoms with E-state index in [2.05, 4.69) is 0 Å². The van der Waals surface area contributed by atoms with Crippen molar-refractivity contribution in [2.45, 2.75) is 56.3 Å². The normalized spacial score (nSPS) is 27.5. The van der Waals surface area contributed by atoms with Gasteiger partial charge in [-0.05, 0) is 92.6 Å². The summed E-state index contributed by atoms with van der Waals surface area (Å²) in [7, 11) is 3.06. The number of aliphatic hydroxyl groups excluding tert-OH is 2. The summed E-state index contributed by atoms with van der Waals surface area (Å²) in [6.45, 7) is 0.494. The Hall–Kier alpha value is -4.39. The first kappa shape index (κ1) is 31.6. The Morgan fingerprint density at radius 3 is 2.43 bits per heavy atom. The lowest BCUT2D eigenvalue weighted by Crippen LogP contribution is -2.65. The Kier molecular flexibility index (Phi) is 7.86. The van der Waals surface area contributed by atoms with E-state index < -0.39 is 70.0 Å². The number of carbonyl (C=O) groups is 4. The number of carbonyl (C=O) groups excluding carboxylic acids is 4. The Bertz CT molecular complexity index is 1740. The second-order valence-electron chi connectivity index (χ2n) is 12.7. The summed E-state index contributed by atoms with van der Waals surface area (Å²) in [5.74, 6) is -8.02. The first-order valence-corrected chi connectivity index (χ1v) is 15.2. The van der Waals surface area contributed by atoms with Crippen LogP contribution in [0.2, 0.25) is 0 Å². The van der Waals surface area contributed by atoms with E-state index in [1.54, 1.807) is 18.2 Å². The summed E-state index contributed by atoms with van der Waals surface area (Å²) in [4.78, 5) is 54.0. The van der Waals surface area contributed by atoms with Crippen molar-refractivity contribution in [3.05, 3.63) is 69.7 Å². The van der Waals surface area contributed by atoms with Gasteiger partial charge in [-0.1, -0.05) is 12.1 Å². The number of aryl methyl sites for hydroxylation is 1. The highest BCUT2D eigenvalue weighted by molar-refractivity contribution is 6.24. The largest absolute Gasteiger partial charge is 0.508 e. The van der Waals surface area contributed by atoms with Gasteiger partial charge in [-0.2, -0.15) is 0 Å². The number of phenolic OH excluding ortho intramolecular Hbond substituents is 1. The third-order valence-corrected chi connectivity index (χ3v) is 9.88. The van der Waals surface area contributed by atoms with Crippen LogP contribution in [0.5, 0.6) is 5.75 Å². The fourth-order valence-electron chi connectivity index (χ4n) is 7.70. The molecule has 1 aliphatic heterocycles. The van der Waals surface area contributed by atoms with Crippen molar-refractivity contribution >= 4 is 29.0 Å². The molecule has 0 bridgehead atoms. The average molecular weight is 635 g/mol. The third-order valence-electron chi connectivity index (χ3n) is 9.88. The predicted octanol–water partition coefficient (Wildman–Crippen LogP) is 2.45. The quantitative estimate of drug-likeness (QED) is 0.283. The average Bonchev–Trinajstić information content (AvgIpc) is 3.54. The molecule has 6 rings (SSSR count). The number of aliphatic hydroxyl groups is 3. The number of aromatic hydroxyl groups is 1. The second kappa shape index (κ2) is 11.4. The maximum atomic E-state index is 14.2. The van der Waals surface area contributed by atoms with Crippen LogP contribution in [-0.2, 0) is 36.8 Å². The van der Waals surface area contributed by atoms with Crippen LogP contribution in [-0.4, -0.2) is 87.0 Å². The van der Waals surface area contributed by atoms with E-state index in [0.29, 0.717) is 35.3 Å². The van der Waals surface area contributed by atoms with E-state index in [1.165, 1.54) is 31.1 Å². The minimum atomic E-state index is -2.76. The molecule has 1 heterocycles. The zero-order valence-electron chi connectivity index (χ0n) is 25.4. The summed E-state index contributed by atoms with van der Waals surface area (Å²) in [5, 5.41) is 46.3. The third kappa shape index (κ3) is 4.74. The van der Waals surface area contributed by atoms with E-state index in [1.807, 2.05) is 0 Å². The smallest absolute Gasteiger partial charge is 0.255 e. The number of Topliss-reactive ketones (excluding diaryl/α,β-unsaturated/α-hetero) is 3. The summed E-state index contributed by atoms with van der Waals surface area (Å²) >= 11 is 0. The van der Waals surface area contributed by atoms with Crippen LogP contribution in [0.25, 0.3) is 16.9 Å². The topological polar surface area (TPSA) is 188 Å². The van der Waals surface area contributed by atoms with Gasteiger partial charge in [-0.3, -0.25) is 24.1 Å². The van der Waals surface area contributed by atoms with Gasteiger partial charge in [0.25, 0.3) is 5.91 Å². The number of likely N-dealkylation sites (N-methyl/N-ethyl adjacent to an activating group) is 1. The van der Waals surface area contributed by atoms with E-state index in [-0.39, 0.29) is 48.4 Å². The van der Waals surface area contributed by atoms with Crippen molar-refractivity contribution in [1.29, 1.82) is 0 Å². The number of benzene rings is 2. The molecule has 2 aromatic carbocycles. The van der Waals surface area contributed by atoms with Crippen LogP contribution in [0.15, 0.2) is 47.2 Å². The SMILES string of the molecule is CN(C)[C@@H]1C(=O)C(C(N)=O)=C(O)[C@@]2(O)C(=O)C3=C(O)c4c(O)c(CCC(=O)C5CCCO5)cc(-c5ccc(F)cc5)c4C[C@@H]3C[C@@H]12. The molecule has 0 radical (unpaired) electrons. The first-order chi connectivity index (χ1) is 21.8. The summed E-state index contributed by atoms with van der Waals surface area (Å²) < 4.78 is 19.4. The molecule has 2 aromatic rings. The monoisotopic (exact) mass is 634 g/mol. The zero-order chi connectivity index (χ0) is 33.2. The Morgan fingerprint density at radius 1 is 1.13 bits per heavy atom. The zero-order valence-corrected chi connectivity index (χ0v) is 25.4. The number of nitrogens with zero attached hydrogens (tertiary/aromatic N) is 1. The molecule has 1 amide bonds. The van der Waals surface area contributed by atoms with Crippen molar-refractivity contribution in [2.24, 2.45) is 17.6 Å². The number of hydrogen-bond acceptors (Lipinski definition) is 10. The lowest BCUT2D eigenvalue weighted by molar-refractivity contribution is -0.153. The molecule has 0 aromatic heterocycles. The molecule has 1 saturated heterocycles. The molecule has 1 unspecified atom stereocenters. The second-order valence-corrected chi connectivity index (χ2v) is 12.7. The van der Waals surface area contributed by atoms with Gasteiger partial charge in [-0.15, -0.1) is 0 Å². The lowest BCUT2D eigenvalue weighted by atomic mass is 9.57. The molecular formula is C34H35FN2O9. The van der Waals surface area contributed by atoms with Crippen LogP contribution in [0.4, 0.5) is 4.39 Å². The van der Waals surface area contributed by atoms with Gasteiger partial charge in [0.15, 0.2) is 17.2 Å². The van der Waals surface area contributed by atoms with E-state index in [4.69, 9.17) is 10.5 Å². The fraction of sp³-hybridized carbons (Fsp3) is 0.412. The van der Waals surface area contributed by atoms with Crippen molar-refractivity contribution < 1.29 is 48.7 Å². The van der Waals surface area contributed by atoms with E-state index in [0.717, 1.165) is 6.42 Å². The van der Waals surface area contributed by atoms with Crippen LogP contribution in [0.3, 0.4) is 0 Å². The highest BCUT2D eigenvalue weighted by Gasteiger charge is 2.64. The van der Waals surface area contributed by atoms with E-state index in [9.17, 15) is 44.0 Å². The van der Waals surface area contributed by atoms with Gasteiger partial charge in [-0.25, -0.2) is 4.39 Å². The summed E-state index contributed by atoms with van der Waals surface area (Å²) in [6.07, 6.45) is 0.978. The van der Waals surface area contributed by atoms with Gasteiger partial charge in [0.05, 0.1) is 11.6 Å². The number of halogens is 1. The lowest BCUT2D eigenvalue weighted by Gasteiger charge is -2.50. The Labute approximate surface area is 263 Å². The van der Waals surface area contributed by atoms with Gasteiger partial charge < -0.3 is 30.9 Å². The maximum absolute atomic E-state index is 14.2. The minimum Gasteiger partial charge on any atom is -0.508 e. The van der Waals surface area contributed by atoms with Crippen molar-refractivity contribution in [2.75, 3.05) is 20.7 Å². The number of amides is 1. The molecule has 46 heavy (non-hydrogen) atoms. The number of rotatable bonds is 7. The number of hydrogen-bond donors (Lipinski definition) is 5. The van der Waals surface area contributed by atoms with Crippen LogP contribution in [0, 0.1) is 17.7 Å².